The molecule has 0 aliphatic carbocycles. The van der Waals surface area contributed by atoms with Gasteiger partial charge in [0.15, 0.2) is 5.70 Å². The van der Waals surface area contributed by atoms with E-state index >= 15 is 0 Å². The molecule has 0 saturated carbocycles. The highest BCUT2D eigenvalue weighted by molar-refractivity contribution is 9.10. The van der Waals surface area contributed by atoms with Crippen molar-refractivity contribution in [2.75, 3.05) is 6.61 Å². The van der Waals surface area contributed by atoms with Gasteiger partial charge in [0.05, 0.1) is 11.1 Å². The zero-order valence-corrected chi connectivity index (χ0v) is 14.3. The summed E-state index contributed by atoms with van der Waals surface area (Å²) in [7, 11) is 0. The third-order valence-electron chi connectivity index (χ3n) is 3.28. The van der Waals surface area contributed by atoms with Crippen molar-refractivity contribution in [2.45, 2.75) is 6.92 Å². The Bertz CT molecular complexity index is 844. The second kappa shape index (κ2) is 6.97. The first-order valence-electron chi connectivity index (χ1n) is 7.27. The van der Waals surface area contributed by atoms with E-state index in [4.69, 9.17) is 9.47 Å². The SMILES string of the molecule is CCOc1ccc(C2=N/C(=C\c3ccc(F)c(Br)c3)C(=O)O2)cc1. The fraction of sp³-hybridized carbons (Fsp3) is 0.111. The van der Waals surface area contributed by atoms with E-state index in [0.29, 0.717) is 22.2 Å². The van der Waals surface area contributed by atoms with Crippen molar-refractivity contribution < 1.29 is 18.7 Å². The first-order chi connectivity index (χ1) is 11.6. The molecule has 0 radical (unpaired) electrons. The van der Waals surface area contributed by atoms with Crippen LogP contribution in [0.3, 0.4) is 0 Å². The molecule has 3 rings (SSSR count). The molecular formula is C18H13BrFNO3. The molecule has 122 valence electrons. The first-order valence-corrected chi connectivity index (χ1v) is 8.07. The Balaban J connectivity index is 1.86. The summed E-state index contributed by atoms with van der Waals surface area (Å²) in [6, 6.07) is 11.6. The molecule has 0 aromatic heterocycles. The normalized spacial score (nSPS) is 15.4. The Morgan fingerprint density at radius 1 is 1.25 bits per heavy atom. The van der Waals surface area contributed by atoms with Crippen molar-refractivity contribution in [3.8, 4) is 5.75 Å². The Kier molecular flexibility index (Phi) is 4.76. The Morgan fingerprint density at radius 3 is 2.67 bits per heavy atom. The van der Waals surface area contributed by atoms with Crippen molar-refractivity contribution in [3.05, 3.63) is 69.6 Å². The number of nitrogens with zero attached hydrogens (tertiary/aromatic N) is 1. The van der Waals surface area contributed by atoms with Crippen LogP contribution in [-0.4, -0.2) is 18.5 Å². The number of esters is 1. The quantitative estimate of drug-likeness (QED) is 0.577. The lowest BCUT2D eigenvalue weighted by Crippen LogP contribution is -2.05. The second-order valence-electron chi connectivity index (χ2n) is 4.97. The largest absolute Gasteiger partial charge is 0.494 e. The number of carbonyl (C=O) groups excluding carboxylic acids is 1. The number of hydrogen-bond donors (Lipinski definition) is 0. The number of cyclic esters (lactones) is 1. The summed E-state index contributed by atoms with van der Waals surface area (Å²) in [5.74, 6) is 0.0534. The van der Waals surface area contributed by atoms with Gasteiger partial charge in [0, 0.05) is 5.56 Å². The Hall–Kier alpha value is -2.47. The van der Waals surface area contributed by atoms with Crippen LogP contribution in [0, 0.1) is 5.82 Å². The number of carbonyl (C=O) groups is 1. The summed E-state index contributed by atoms with van der Waals surface area (Å²) in [5.41, 5.74) is 1.49. The summed E-state index contributed by atoms with van der Waals surface area (Å²) < 4.78 is 24.2. The van der Waals surface area contributed by atoms with Gasteiger partial charge in [-0.05, 0) is 70.9 Å². The van der Waals surface area contributed by atoms with Crippen LogP contribution in [0.1, 0.15) is 18.1 Å². The first kappa shape index (κ1) is 16.4. The average Bonchev–Trinajstić information content (AvgIpc) is 2.93. The highest BCUT2D eigenvalue weighted by Gasteiger charge is 2.24. The molecule has 2 aromatic carbocycles. The van der Waals surface area contributed by atoms with E-state index in [1.165, 1.54) is 6.07 Å². The van der Waals surface area contributed by atoms with Gasteiger partial charge >= 0.3 is 5.97 Å². The average molecular weight is 390 g/mol. The maximum absolute atomic E-state index is 13.3. The van der Waals surface area contributed by atoms with Crippen molar-refractivity contribution in [3.63, 3.8) is 0 Å². The molecule has 0 spiro atoms. The minimum atomic E-state index is -0.542. The maximum atomic E-state index is 13.3. The molecule has 0 N–H and O–H groups in total. The number of aliphatic imine (C=N–C) groups is 1. The molecule has 2 aromatic rings. The van der Waals surface area contributed by atoms with Crippen LogP contribution in [0.4, 0.5) is 4.39 Å². The van der Waals surface area contributed by atoms with Crippen LogP contribution >= 0.6 is 15.9 Å². The topological polar surface area (TPSA) is 47.9 Å². The molecule has 1 aliphatic heterocycles. The molecule has 6 heteroatoms. The molecule has 1 heterocycles. The van der Waals surface area contributed by atoms with Gasteiger partial charge in [-0.2, -0.15) is 0 Å². The Morgan fingerprint density at radius 2 is 2.00 bits per heavy atom. The van der Waals surface area contributed by atoms with Crippen LogP contribution in [0.5, 0.6) is 5.75 Å². The molecule has 0 atom stereocenters. The van der Waals surface area contributed by atoms with Crippen molar-refractivity contribution in [2.24, 2.45) is 4.99 Å². The lowest BCUT2D eigenvalue weighted by atomic mass is 10.2. The standard InChI is InChI=1S/C18H13BrFNO3/c1-2-23-13-6-4-12(5-7-13)17-21-16(18(22)24-17)10-11-3-8-15(20)14(19)9-11/h3-10H,2H2,1H3/b16-10-. The summed E-state index contributed by atoms with van der Waals surface area (Å²) in [4.78, 5) is 16.2. The zero-order valence-electron chi connectivity index (χ0n) is 12.8. The minimum Gasteiger partial charge on any atom is -0.494 e. The number of ether oxygens (including phenoxy) is 2. The fourth-order valence-corrected chi connectivity index (χ4v) is 2.55. The van der Waals surface area contributed by atoms with Gasteiger partial charge < -0.3 is 9.47 Å². The lowest BCUT2D eigenvalue weighted by molar-refractivity contribution is -0.129. The van der Waals surface area contributed by atoms with Gasteiger partial charge in [-0.1, -0.05) is 6.07 Å². The summed E-state index contributed by atoms with van der Waals surface area (Å²) in [6.45, 7) is 2.48. The highest BCUT2D eigenvalue weighted by atomic mass is 79.9. The van der Waals surface area contributed by atoms with Gasteiger partial charge in [0.1, 0.15) is 11.6 Å². The molecule has 0 amide bonds. The summed E-state index contributed by atoms with van der Waals surface area (Å²) in [5, 5.41) is 0. The van der Waals surface area contributed by atoms with Gasteiger partial charge in [0.2, 0.25) is 5.90 Å². The van der Waals surface area contributed by atoms with E-state index < -0.39 is 5.97 Å². The van der Waals surface area contributed by atoms with Crippen molar-refractivity contribution in [1.29, 1.82) is 0 Å². The highest BCUT2D eigenvalue weighted by Crippen LogP contribution is 2.23. The summed E-state index contributed by atoms with van der Waals surface area (Å²) >= 11 is 3.11. The van der Waals surface area contributed by atoms with Gasteiger partial charge in [-0.25, -0.2) is 14.2 Å². The van der Waals surface area contributed by atoms with E-state index in [1.807, 2.05) is 6.92 Å². The summed E-state index contributed by atoms with van der Waals surface area (Å²) in [6.07, 6.45) is 1.55. The molecule has 0 fully saturated rings. The molecular weight excluding hydrogens is 377 g/mol. The van der Waals surface area contributed by atoms with Crippen LogP contribution in [0.25, 0.3) is 6.08 Å². The predicted octanol–water partition coefficient (Wildman–Crippen LogP) is 4.33. The van der Waals surface area contributed by atoms with Gasteiger partial charge in [-0.3, -0.25) is 0 Å². The second-order valence-corrected chi connectivity index (χ2v) is 5.82. The van der Waals surface area contributed by atoms with Crippen LogP contribution in [-0.2, 0) is 9.53 Å². The van der Waals surface area contributed by atoms with Crippen LogP contribution in [0.15, 0.2) is 57.6 Å². The van der Waals surface area contributed by atoms with Gasteiger partial charge in [-0.15, -0.1) is 0 Å². The fourth-order valence-electron chi connectivity index (χ4n) is 2.15. The molecule has 0 unspecified atom stereocenters. The predicted molar refractivity (Wildman–Crippen MR) is 92.3 cm³/mol. The zero-order chi connectivity index (χ0) is 17.1. The smallest absolute Gasteiger partial charge is 0.363 e. The third-order valence-corrected chi connectivity index (χ3v) is 3.89. The van der Waals surface area contributed by atoms with Crippen LogP contribution < -0.4 is 4.74 Å². The number of benzene rings is 2. The maximum Gasteiger partial charge on any atom is 0.363 e. The van der Waals surface area contributed by atoms with Crippen molar-refractivity contribution in [1.82, 2.24) is 0 Å². The van der Waals surface area contributed by atoms with E-state index in [1.54, 1.807) is 42.5 Å². The molecule has 24 heavy (non-hydrogen) atoms. The molecule has 1 aliphatic rings. The van der Waals surface area contributed by atoms with E-state index in [2.05, 4.69) is 20.9 Å². The van der Waals surface area contributed by atoms with E-state index in [-0.39, 0.29) is 17.4 Å². The van der Waals surface area contributed by atoms with Crippen LogP contribution in [0.2, 0.25) is 0 Å². The lowest BCUT2D eigenvalue weighted by Gasteiger charge is -2.03. The molecule has 0 bridgehead atoms. The van der Waals surface area contributed by atoms with Crippen molar-refractivity contribution >= 4 is 33.9 Å². The molecule has 0 saturated heterocycles. The minimum absolute atomic E-state index is 0.164. The number of rotatable bonds is 4. The number of halogens is 2. The monoisotopic (exact) mass is 389 g/mol. The van der Waals surface area contributed by atoms with E-state index in [0.717, 1.165) is 5.75 Å². The number of hydrogen-bond acceptors (Lipinski definition) is 4. The molecule has 4 nitrogen and oxygen atoms in total. The van der Waals surface area contributed by atoms with E-state index in [9.17, 15) is 9.18 Å². The third kappa shape index (κ3) is 3.54. The van der Waals surface area contributed by atoms with Gasteiger partial charge in [0.25, 0.3) is 0 Å². The Labute approximate surface area is 146 Å².